The highest BCUT2D eigenvalue weighted by Crippen LogP contribution is 2.58. The number of amides is 2. The van der Waals surface area contributed by atoms with E-state index in [-0.39, 0.29) is 35.5 Å². The lowest BCUT2D eigenvalue weighted by Crippen LogP contribution is -2.50. The SMILES string of the molecule is NCCN1C(=O)C2C3C=CC(C4C=CC43)C2C1=O. The van der Waals surface area contributed by atoms with Crippen LogP contribution in [0.15, 0.2) is 24.3 Å². The molecule has 1 heterocycles. The van der Waals surface area contributed by atoms with Crippen molar-refractivity contribution in [2.24, 2.45) is 41.2 Å². The van der Waals surface area contributed by atoms with Crippen molar-refractivity contribution < 1.29 is 9.59 Å². The molecule has 4 nitrogen and oxygen atoms in total. The molecule has 6 atom stereocenters. The minimum Gasteiger partial charge on any atom is -0.329 e. The van der Waals surface area contributed by atoms with Crippen molar-refractivity contribution in [2.45, 2.75) is 0 Å². The molecular formula is C14H16N2O2. The molecule has 18 heavy (non-hydrogen) atoms. The fraction of sp³-hybridized carbons (Fsp3) is 0.571. The Morgan fingerprint density at radius 1 is 0.889 bits per heavy atom. The van der Waals surface area contributed by atoms with Crippen molar-refractivity contribution in [1.29, 1.82) is 0 Å². The monoisotopic (exact) mass is 244 g/mol. The van der Waals surface area contributed by atoms with E-state index in [1.54, 1.807) is 0 Å². The summed E-state index contributed by atoms with van der Waals surface area (Å²) in [5, 5.41) is 0. The second kappa shape index (κ2) is 3.32. The average Bonchev–Trinajstić information content (AvgIpc) is 2.56. The standard InChI is InChI=1S/C14H16N2O2/c15-5-6-16-13(17)11-9-3-4-10(12(11)14(16)18)8-2-1-7(8)9/h1-4,7-12H,5-6,15H2. The Morgan fingerprint density at radius 3 is 1.72 bits per heavy atom. The smallest absolute Gasteiger partial charge is 0.233 e. The van der Waals surface area contributed by atoms with Crippen molar-refractivity contribution >= 4 is 11.8 Å². The Morgan fingerprint density at radius 2 is 1.33 bits per heavy atom. The van der Waals surface area contributed by atoms with Crippen LogP contribution in [0.25, 0.3) is 0 Å². The molecule has 1 saturated carbocycles. The summed E-state index contributed by atoms with van der Waals surface area (Å²) in [6, 6.07) is 0. The van der Waals surface area contributed by atoms with Crippen LogP contribution in [0.4, 0.5) is 0 Å². The Labute approximate surface area is 106 Å². The summed E-state index contributed by atoms with van der Waals surface area (Å²) in [7, 11) is 0. The summed E-state index contributed by atoms with van der Waals surface area (Å²) in [6.07, 6.45) is 8.72. The highest BCUT2D eigenvalue weighted by atomic mass is 16.2. The first-order valence-electron chi connectivity index (χ1n) is 6.66. The Balaban J connectivity index is 1.75. The molecule has 0 aromatic heterocycles. The molecule has 1 saturated heterocycles. The number of hydrogen-bond acceptors (Lipinski definition) is 3. The quantitative estimate of drug-likeness (QED) is 0.556. The number of imide groups is 1. The van der Waals surface area contributed by atoms with E-state index in [1.807, 2.05) is 0 Å². The van der Waals surface area contributed by atoms with Crippen molar-refractivity contribution in [3.63, 3.8) is 0 Å². The maximum absolute atomic E-state index is 12.4. The van der Waals surface area contributed by atoms with Gasteiger partial charge in [0, 0.05) is 13.1 Å². The lowest BCUT2D eigenvalue weighted by Gasteiger charge is -2.51. The lowest BCUT2D eigenvalue weighted by molar-refractivity contribution is -0.139. The second-order valence-corrected chi connectivity index (χ2v) is 5.75. The zero-order valence-corrected chi connectivity index (χ0v) is 10.0. The van der Waals surface area contributed by atoms with E-state index in [4.69, 9.17) is 5.73 Å². The summed E-state index contributed by atoms with van der Waals surface area (Å²) in [4.78, 5) is 26.2. The molecule has 4 heteroatoms. The number of carbonyl (C=O) groups is 2. The van der Waals surface area contributed by atoms with Crippen LogP contribution in [0.3, 0.4) is 0 Å². The van der Waals surface area contributed by atoms with Crippen molar-refractivity contribution in [3.8, 4) is 0 Å². The van der Waals surface area contributed by atoms with Crippen molar-refractivity contribution in [2.75, 3.05) is 13.1 Å². The molecule has 2 N–H and O–H groups in total. The van der Waals surface area contributed by atoms with Gasteiger partial charge in [0.2, 0.25) is 11.8 Å². The van der Waals surface area contributed by atoms with E-state index >= 15 is 0 Å². The molecule has 0 aromatic rings. The van der Waals surface area contributed by atoms with Gasteiger partial charge in [-0.2, -0.15) is 0 Å². The lowest BCUT2D eigenvalue weighted by atomic mass is 9.50. The van der Waals surface area contributed by atoms with Crippen molar-refractivity contribution in [1.82, 2.24) is 4.90 Å². The van der Waals surface area contributed by atoms with Gasteiger partial charge in [0.05, 0.1) is 11.8 Å². The van der Waals surface area contributed by atoms with E-state index in [0.29, 0.717) is 24.9 Å². The number of likely N-dealkylation sites (tertiary alicyclic amines) is 1. The van der Waals surface area contributed by atoms with Crippen LogP contribution >= 0.6 is 0 Å². The van der Waals surface area contributed by atoms with E-state index in [0.717, 1.165) is 0 Å². The number of hydrogen-bond donors (Lipinski definition) is 1. The first-order valence-corrected chi connectivity index (χ1v) is 6.66. The van der Waals surface area contributed by atoms with E-state index in [2.05, 4.69) is 24.3 Å². The van der Waals surface area contributed by atoms with E-state index in [1.165, 1.54) is 4.90 Å². The van der Waals surface area contributed by atoms with Gasteiger partial charge in [-0.15, -0.1) is 0 Å². The van der Waals surface area contributed by atoms with Crippen LogP contribution in [0.5, 0.6) is 0 Å². The summed E-state index contributed by atoms with van der Waals surface area (Å²) in [5.74, 6) is 1.20. The van der Waals surface area contributed by atoms with Gasteiger partial charge in [-0.05, 0) is 23.7 Å². The minimum atomic E-state index is -0.120. The molecule has 5 aliphatic rings. The molecule has 0 radical (unpaired) electrons. The molecule has 5 rings (SSSR count). The van der Waals surface area contributed by atoms with Gasteiger partial charge in [-0.25, -0.2) is 0 Å². The predicted octanol–water partition coefficient (Wildman–Crippen LogP) is 0.164. The molecule has 2 fully saturated rings. The molecule has 1 aliphatic heterocycles. The van der Waals surface area contributed by atoms with E-state index in [9.17, 15) is 9.59 Å². The zero-order chi connectivity index (χ0) is 12.4. The third-order valence-electron chi connectivity index (χ3n) is 5.12. The molecule has 0 aromatic carbocycles. The summed E-state index contributed by atoms with van der Waals surface area (Å²) in [6.45, 7) is 0.720. The maximum atomic E-state index is 12.4. The Hall–Kier alpha value is -1.42. The normalized spacial score (nSPS) is 47.3. The van der Waals surface area contributed by atoms with Crippen LogP contribution in [-0.4, -0.2) is 29.8 Å². The van der Waals surface area contributed by atoms with Gasteiger partial charge in [-0.1, -0.05) is 24.3 Å². The number of rotatable bonds is 2. The Bertz CT molecular complexity index is 456. The van der Waals surface area contributed by atoms with Crippen LogP contribution in [0, 0.1) is 35.5 Å². The predicted molar refractivity (Wildman–Crippen MR) is 65.0 cm³/mol. The zero-order valence-electron chi connectivity index (χ0n) is 10.0. The van der Waals surface area contributed by atoms with Crippen LogP contribution in [0.1, 0.15) is 0 Å². The highest BCUT2D eigenvalue weighted by Gasteiger charge is 2.62. The van der Waals surface area contributed by atoms with Crippen LogP contribution in [-0.2, 0) is 9.59 Å². The fourth-order valence-electron chi connectivity index (χ4n) is 4.30. The molecule has 0 spiro atoms. The van der Waals surface area contributed by atoms with Crippen LogP contribution < -0.4 is 5.73 Å². The van der Waals surface area contributed by atoms with E-state index < -0.39 is 0 Å². The topological polar surface area (TPSA) is 63.4 Å². The Kier molecular flexibility index (Phi) is 1.94. The molecule has 2 bridgehead atoms. The number of carbonyl (C=O) groups excluding carboxylic acids is 2. The first-order chi connectivity index (χ1) is 8.74. The molecule has 2 amide bonds. The van der Waals surface area contributed by atoms with Gasteiger partial charge in [-0.3, -0.25) is 14.5 Å². The summed E-state index contributed by atoms with van der Waals surface area (Å²) in [5.41, 5.74) is 5.50. The summed E-state index contributed by atoms with van der Waals surface area (Å²) >= 11 is 0. The third-order valence-corrected chi connectivity index (χ3v) is 5.12. The number of nitrogens with zero attached hydrogens (tertiary/aromatic N) is 1. The van der Waals surface area contributed by atoms with Crippen LogP contribution in [0.2, 0.25) is 0 Å². The molecule has 94 valence electrons. The summed E-state index contributed by atoms with van der Waals surface area (Å²) < 4.78 is 0. The molecular weight excluding hydrogens is 228 g/mol. The van der Waals surface area contributed by atoms with Gasteiger partial charge >= 0.3 is 0 Å². The van der Waals surface area contributed by atoms with Gasteiger partial charge in [0.25, 0.3) is 0 Å². The average molecular weight is 244 g/mol. The maximum Gasteiger partial charge on any atom is 0.233 e. The number of nitrogens with two attached hydrogens (primary N) is 1. The highest BCUT2D eigenvalue weighted by molar-refractivity contribution is 6.06. The van der Waals surface area contributed by atoms with Gasteiger partial charge in [0.1, 0.15) is 0 Å². The third kappa shape index (κ3) is 1.01. The fourth-order valence-corrected chi connectivity index (χ4v) is 4.30. The second-order valence-electron chi connectivity index (χ2n) is 5.75. The molecule has 6 unspecified atom stereocenters. The van der Waals surface area contributed by atoms with Gasteiger partial charge in [0.15, 0.2) is 0 Å². The minimum absolute atomic E-state index is 0.00792. The van der Waals surface area contributed by atoms with Gasteiger partial charge < -0.3 is 5.73 Å². The molecule has 4 aliphatic carbocycles. The van der Waals surface area contributed by atoms with Crippen molar-refractivity contribution in [3.05, 3.63) is 24.3 Å². The number of allylic oxidation sites excluding steroid dienone is 4. The first kappa shape index (κ1) is 10.5. The largest absolute Gasteiger partial charge is 0.329 e.